The van der Waals surface area contributed by atoms with Crippen molar-refractivity contribution in [1.82, 2.24) is 9.55 Å². The molecule has 0 N–H and O–H groups in total. The number of benzene rings is 9. The van der Waals surface area contributed by atoms with Gasteiger partial charge in [0, 0.05) is 27.4 Å². The van der Waals surface area contributed by atoms with Gasteiger partial charge in [-0.2, -0.15) is 0 Å². The van der Waals surface area contributed by atoms with Crippen LogP contribution < -0.4 is 4.90 Å². The van der Waals surface area contributed by atoms with Gasteiger partial charge in [0.1, 0.15) is 5.52 Å². The molecule has 4 heteroatoms. The number of hydrogen-bond acceptors (Lipinski definition) is 3. The molecule has 0 amide bonds. The molecule has 0 unspecified atom stereocenters. The van der Waals surface area contributed by atoms with E-state index in [1.54, 1.807) is 0 Å². The van der Waals surface area contributed by atoms with Crippen molar-refractivity contribution in [2.24, 2.45) is 0 Å². The molecule has 4 nitrogen and oxygen atoms in total. The van der Waals surface area contributed by atoms with Crippen LogP contribution in [-0.4, -0.2) is 9.55 Å². The van der Waals surface area contributed by atoms with Crippen molar-refractivity contribution in [3.05, 3.63) is 188 Å². The smallest absolute Gasteiger partial charge is 0.227 e. The highest BCUT2D eigenvalue weighted by Gasteiger charge is 2.26. The third-order valence-corrected chi connectivity index (χ3v) is 10.5. The molecule has 0 bridgehead atoms. The van der Waals surface area contributed by atoms with Crippen molar-refractivity contribution >= 4 is 82.3 Å². The Morgan fingerprint density at radius 1 is 0.434 bits per heavy atom. The fourth-order valence-corrected chi connectivity index (χ4v) is 8.20. The van der Waals surface area contributed by atoms with Crippen LogP contribution in [0, 0.1) is 0 Å². The molecular formula is C49H31N3O. The van der Waals surface area contributed by atoms with Crippen LogP contribution in [0.15, 0.2) is 192 Å². The Kier molecular flexibility index (Phi) is 6.52. The van der Waals surface area contributed by atoms with Crippen LogP contribution in [0.4, 0.5) is 17.1 Å². The number of nitrogens with zero attached hydrogens (tertiary/aromatic N) is 3. The Balaban J connectivity index is 1.30. The fraction of sp³-hybridized carbons (Fsp3) is 0. The van der Waals surface area contributed by atoms with Crippen LogP contribution >= 0.6 is 0 Å². The van der Waals surface area contributed by atoms with E-state index in [2.05, 4.69) is 161 Å². The number of aromatic nitrogens is 2. The quantitative estimate of drug-likeness (QED) is 0.170. The maximum absolute atomic E-state index is 6.78. The van der Waals surface area contributed by atoms with Gasteiger partial charge in [-0.1, -0.05) is 121 Å². The second-order valence-corrected chi connectivity index (χ2v) is 13.6. The predicted molar refractivity (Wildman–Crippen MR) is 221 cm³/mol. The van der Waals surface area contributed by atoms with E-state index in [-0.39, 0.29) is 0 Å². The second kappa shape index (κ2) is 11.7. The largest absolute Gasteiger partial charge is 0.434 e. The summed E-state index contributed by atoms with van der Waals surface area (Å²) in [6.07, 6.45) is 0. The van der Waals surface area contributed by atoms with E-state index in [0.29, 0.717) is 5.89 Å². The summed E-state index contributed by atoms with van der Waals surface area (Å²) in [5, 5.41) is 9.50. The molecule has 53 heavy (non-hydrogen) atoms. The number of anilines is 3. The molecule has 11 aromatic rings. The van der Waals surface area contributed by atoms with Crippen LogP contribution in [0.3, 0.4) is 0 Å². The minimum atomic E-state index is 0.599. The first-order chi connectivity index (χ1) is 26.3. The van der Waals surface area contributed by atoms with Crippen LogP contribution in [0.2, 0.25) is 0 Å². The lowest BCUT2D eigenvalue weighted by Gasteiger charge is -2.28. The molecule has 0 atom stereocenters. The van der Waals surface area contributed by atoms with Crippen LogP contribution in [0.1, 0.15) is 0 Å². The number of rotatable bonds is 5. The van der Waals surface area contributed by atoms with Crippen LogP contribution in [0.25, 0.3) is 82.4 Å². The van der Waals surface area contributed by atoms with Crippen LogP contribution in [-0.2, 0) is 0 Å². The first-order valence-corrected chi connectivity index (χ1v) is 18.0. The molecule has 2 aromatic heterocycles. The Morgan fingerprint density at radius 2 is 1.08 bits per heavy atom. The molecule has 248 valence electrons. The molecule has 0 aliphatic carbocycles. The van der Waals surface area contributed by atoms with Gasteiger partial charge in [0.15, 0.2) is 5.58 Å². The lowest BCUT2D eigenvalue weighted by Crippen LogP contribution is -2.11. The molecule has 2 heterocycles. The zero-order valence-corrected chi connectivity index (χ0v) is 28.6. The topological polar surface area (TPSA) is 34.2 Å². The summed E-state index contributed by atoms with van der Waals surface area (Å²) in [5.41, 5.74) is 8.94. The number of hydrogen-bond donors (Lipinski definition) is 0. The van der Waals surface area contributed by atoms with E-state index in [1.807, 2.05) is 36.4 Å². The van der Waals surface area contributed by atoms with Gasteiger partial charge in [-0.3, -0.25) is 0 Å². The van der Waals surface area contributed by atoms with Gasteiger partial charge in [-0.15, -0.1) is 0 Å². The molecule has 0 saturated heterocycles. The Hall–Kier alpha value is -7.17. The minimum absolute atomic E-state index is 0.599. The van der Waals surface area contributed by atoms with Crippen molar-refractivity contribution in [3.63, 3.8) is 0 Å². The zero-order valence-electron chi connectivity index (χ0n) is 28.6. The molecule has 9 aromatic carbocycles. The van der Waals surface area contributed by atoms with Gasteiger partial charge in [-0.25, -0.2) is 4.98 Å². The Labute approximate surface area is 305 Å². The Bertz CT molecular complexity index is 3180. The summed E-state index contributed by atoms with van der Waals surface area (Å²) in [4.78, 5) is 7.42. The van der Waals surface area contributed by atoms with Crippen molar-refractivity contribution < 1.29 is 4.42 Å². The van der Waals surface area contributed by atoms with Crippen molar-refractivity contribution in [2.75, 3.05) is 4.90 Å². The van der Waals surface area contributed by atoms with Gasteiger partial charge in [-0.05, 0) is 93.7 Å². The van der Waals surface area contributed by atoms with Crippen molar-refractivity contribution in [3.8, 4) is 17.1 Å². The number of oxazole rings is 1. The molecule has 0 saturated carbocycles. The average Bonchev–Trinajstić information content (AvgIpc) is 3.81. The average molecular weight is 678 g/mol. The SMILES string of the molecule is c1ccc(-c2nc3cccc(N(c4cc5ccccc5c5ccccc45)c4cccc5c4c4cc6ccccc6cc4n5-c4ccccc4)c3o2)cc1. The Morgan fingerprint density at radius 3 is 1.89 bits per heavy atom. The first-order valence-electron chi connectivity index (χ1n) is 18.0. The van der Waals surface area contributed by atoms with E-state index in [9.17, 15) is 0 Å². The standard InChI is InChI=1S/C49H31N3O/c1-3-15-32(16-4-1)49-50-41-25-13-28-44(48(41)53-49)52(45-31-35-19-9-10-22-37(35)38-23-11-12-24-39(38)45)43-27-14-26-42-47(43)40-29-33-17-7-8-18-34(33)30-46(40)51(42)36-20-5-2-6-21-36/h1-31H. The summed E-state index contributed by atoms with van der Waals surface area (Å²) in [5.74, 6) is 0.599. The fourth-order valence-electron chi connectivity index (χ4n) is 8.20. The monoisotopic (exact) mass is 677 g/mol. The lowest BCUT2D eigenvalue weighted by atomic mass is 9.98. The van der Waals surface area contributed by atoms with Crippen LogP contribution in [0.5, 0.6) is 0 Å². The van der Waals surface area contributed by atoms with E-state index in [0.717, 1.165) is 61.2 Å². The van der Waals surface area contributed by atoms with E-state index in [1.165, 1.54) is 32.3 Å². The highest BCUT2D eigenvalue weighted by atomic mass is 16.3. The van der Waals surface area contributed by atoms with Crippen molar-refractivity contribution in [1.29, 1.82) is 0 Å². The highest BCUT2D eigenvalue weighted by Crippen LogP contribution is 2.49. The van der Waals surface area contributed by atoms with Gasteiger partial charge in [0.05, 0.1) is 28.1 Å². The van der Waals surface area contributed by atoms with Gasteiger partial charge in [0.2, 0.25) is 5.89 Å². The third kappa shape index (κ3) is 4.59. The third-order valence-electron chi connectivity index (χ3n) is 10.5. The summed E-state index contributed by atoms with van der Waals surface area (Å²) in [7, 11) is 0. The molecule has 0 fully saturated rings. The summed E-state index contributed by atoms with van der Waals surface area (Å²) >= 11 is 0. The normalized spacial score (nSPS) is 11.8. The van der Waals surface area contributed by atoms with Gasteiger partial charge < -0.3 is 13.9 Å². The maximum atomic E-state index is 6.78. The highest BCUT2D eigenvalue weighted by molar-refractivity contribution is 6.22. The number of fused-ring (bicyclic) bond motifs is 8. The van der Waals surface area contributed by atoms with Gasteiger partial charge in [0.25, 0.3) is 0 Å². The van der Waals surface area contributed by atoms with E-state index in [4.69, 9.17) is 9.40 Å². The van der Waals surface area contributed by atoms with Crippen molar-refractivity contribution in [2.45, 2.75) is 0 Å². The first kappa shape index (κ1) is 29.5. The zero-order chi connectivity index (χ0) is 34.9. The minimum Gasteiger partial charge on any atom is -0.434 e. The molecular weight excluding hydrogens is 647 g/mol. The molecule has 0 aliphatic heterocycles. The summed E-state index contributed by atoms with van der Waals surface area (Å²) < 4.78 is 9.19. The summed E-state index contributed by atoms with van der Waals surface area (Å²) in [6, 6.07) is 66.9. The molecule has 0 aliphatic rings. The van der Waals surface area contributed by atoms with E-state index < -0.39 is 0 Å². The predicted octanol–water partition coefficient (Wildman–Crippen LogP) is 13.5. The van der Waals surface area contributed by atoms with Gasteiger partial charge >= 0.3 is 0 Å². The molecule has 0 radical (unpaired) electrons. The lowest BCUT2D eigenvalue weighted by molar-refractivity contribution is 0.620. The summed E-state index contributed by atoms with van der Waals surface area (Å²) in [6.45, 7) is 0. The number of para-hydroxylation sites is 2. The second-order valence-electron chi connectivity index (χ2n) is 13.6. The molecule has 11 rings (SSSR count). The maximum Gasteiger partial charge on any atom is 0.227 e. The van der Waals surface area contributed by atoms with E-state index >= 15 is 0 Å². The molecule has 0 spiro atoms.